The van der Waals surface area contributed by atoms with Crippen molar-refractivity contribution in [1.29, 1.82) is 0 Å². The number of rotatable bonds is 30. The highest BCUT2D eigenvalue weighted by Crippen LogP contribution is 2.22. The van der Waals surface area contributed by atoms with E-state index >= 15 is 0 Å². The Bertz CT molecular complexity index is 2590. The molecule has 422 valence electrons. The number of carbonyl (C=O) groups excluding carboxylic acids is 9. The summed E-state index contributed by atoms with van der Waals surface area (Å²) in [4.78, 5) is 155. The summed E-state index contributed by atoms with van der Waals surface area (Å²) in [6, 6.07) is 4.78. The highest BCUT2D eigenvalue weighted by atomic mass is 32.2. The SMILES string of the molecule is CSCC[C@H](NC(=O)[C@H](Cc1cnc[nH]1)NC(=O)CNC(=O)[C@@H]1CCCN1C(=O)[C@H](Cc1ccc(O)cc1)NC(=O)[C@@H](N)Cc1ccccc1)C(=O)N[C@@H](CCC(N)=O)C(=O)N[C@@H](CCC(=O)O)C(=O)N1CCC[C@H]1C(=O)O. The van der Waals surface area contributed by atoms with Crippen molar-refractivity contribution in [3.05, 3.63) is 83.9 Å². The number of primary amides is 1. The van der Waals surface area contributed by atoms with Crippen LogP contribution in [-0.2, 0) is 72.0 Å². The number of likely N-dealkylation sites (tertiary alicyclic amines) is 2. The number of carbonyl (C=O) groups is 11. The maximum Gasteiger partial charge on any atom is 0.326 e. The largest absolute Gasteiger partial charge is 0.508 e. The zero-order valence-corrected chi connectivity index (χ0v) is 43.8. The van der Waals surface area contributed by atoms with Gasteiger partial charge in [-0.15, -0.1) is 0 Å². The van der Waals surface area contributed by atoms with Crippen LogP contribution in [0.25, 0.3) is 0 Å². The van der Waals surface area contributed by atoms with Gasteiger partial charge in [0, 0.05) is 50.7 Å². The number of phenolic OH excluding ortho intramolecular Hbond substituents is 1. The van der Waals surface area contributed by atoms with Gasteiger partial charge in [-0.25, -0.2) is 9.78 Å². The number of aromatic amines is 1. The van der Waals surface area contributed by atoms with E-state index in [0.29, 0.717) is 29.9 Å². The molecular weight excluding hydrogens is 1040 g/mol. The number of amides is 9. The summed E-state index contributed by atoms with van der Waals surface area (Å²) in [5, 5.41) is 44.4. The molecule has 2 saturated heterocycles. The van der Waals surface area contributed by atoms with Gasteiger partial charge in [0.2, 0.25) is 53.2 Å². The molecule has 14 N–H and O–H groups in total. The summed E-state index contributed by atoms with van der Waals surface area (Å²) < 4.78 is 0. The van der Waals surface area contributed by atoms with E-state index < -0.39 is 146 Å². The molecular formula is C51H68N12O14S. The zero-order valence-electron chi connectivity index (χ0n) is 43.0. The first kappa shape index (κ1) is 60.8. The summed E-state index contributed by atoms with van der Waals surface area (Å²) in [7, 11) is 0. The van der Waals surface area contributed by atoms with Crippen molar-refractivity contribution < 1.29 is 68.1 Å². The first-order chi connectivity index (χ1) is 37.2. The van der Waals surface area contributed by atoms with Crippen molar-refractivity contribution in [2.45, 2.75) is 125 Å². The van der Waals surface area contributed by atoms with Gasteiger partial charge in [0.1, 0.15) is 48.0 Å². The maximum absolute atomic E-state index is 14.3. The Morgan fingerprint density at radius 2 is 1.24 bits per heavy atom. The maximum atomic E-state index is 14.3. The molecule has 9 amide bonds. The Hall–Kier alpha value is -8.07. The second kappa shape index (κ2) is 30.0. The fourth-order valence-corrected chi connectivity index (χ4v) is 9.53. The lowest BCUT2D eigenvalue weighted by molar-refractivity contribution is -0.150. The van der Waals surface area contributed by atoms with Crippen molar-refractivity contribution in [2.75, 3.05) is 31.6 Å². The molecule has 0 saturated carbocycles. The smallest absolute Gasteiger partial charge is 0.326 e. The number of hydrogen-bond acceptors (Lipinski definition) is 15. The molecule has 0 unspecified atom stereocenters. The third-order valence-corrected chi connectivity index (χ3v) is 13.8. The minimum absolute atomic E-state index is 0.00340. The first-order valence-corrected chi connectivity index (χ1v) is 26.8. The van der Waals surface area contributed by atoms with Crippen LogP contribution in [-0.4, -0.2) is 180 Å². The first-order valence-electron chi connectivity index (χ1n) is 25.4. The van der Waals surface area contributed by atoms with Crippen molar-refractivity contribution in [3.8, 4) is 5.75 Å². The monoisotopic (exact) mass is 1100 g/mol. The fraction of sp³-hybridized carbons (Fsp3) is 0.490. The summed E-state index contributed by atoms with van der Waals surface area (Å²) in [6.45, 7) is -0.479. The molecule has 2 aliphatic heterocycles. The van der Waals surface area contributed by atoms with Crippen LogP contribution < -0.4 is 43.4 Å². The second-order valence-electron chi connectivity index (χ2n) is 19.0. The standard InChI is InChI=1S/C51H68N12O14S/c1-78-22-19-35(46(71)58-34(15-17-41(53)65)45(70)60-36(16-18-43(67)68)49(74)63-21-6-10-40(63)51(76)77)59-47(72)37(25-31-26-54-28-56-31)57-42(66)27-55-48(73)39-9-5-20-62(39)50(75)38(24-30-11-13-32(64)14-12-30)61-44(69)33(52)23-29-7-3-2-4-8-29/h2-4,7-8,11-14,26,28,33-40,64H,5-6,9-10,15-25,27,52H2,1H3,(H2,53,65)(H,54,56)(H,55,73)(H,57,66)(H,58,71)(H,59,72)(H,60,70)(H,61,69)(H,67,68)(H,76,77)/t33-,34-,35-,36-,37-,38-,39-,40-/m0/s1. The number of hydrogen-bond donors (Lipinski definition) is 12. The summed E-state index contributed by atoms with van der Waals surface area (Å²) in [5.74, 6) is -9.54. The topological polar surface area (TPSA) is 408 Å². The molecule has 0 radical (unpaired) electrons. The van der Waals surface area contributed by atoms with Crippen LogP contribution in [0, 0.1) is 0 Å². The van der Waals surface area contributed by atoms with Crippen LogP contribution in [0.3, 0.4) is 0 Å². The number of H-pyrrole nitrogens is 1. The molecule has 27 heteroatoms. The minimum atomic E-state index is -1.57. The summed E-state index contributed by atoms with van der Waals surface area (Å²) in [6.07, 6.45) is 3.70. The van der Waals surface area contributed by atoms with Gasteiger partial charge < -0.3 is 73.5 Å². The Kier molecular flexibility index (Phi) is 23.4. The van der Waals surface area contributed by atoms with Crippen LogP contribution in [0.1, 0.15) is 74.6 Å². The van der Waals surface area contributed by atoms with Crippen molar-refractivity contribution in [2.24, 2.45) is 11.5 Å². The highest BCUT2D eigenvalue weighted by Gasteiger charge is 2.41. The number of nitrogens with zero attached hydrogens (tertiary/aromatic N) is 3. The Balaban J connectivity index is 1.26. The van der Waals surface area contributed by atoms with Gasteiger partial charge in [-0.1, -0.05) is 42.5 Å². The predicted molar refractivity (Wildman–Crippen MR) is 280 cm³/mol. The predicted octanol–water partition coefficient (Wildman–Crippen LogP) is -2.04. The Morgan fingerprint density at radius 3 is 1.85 bits per heavy atom. The zero-order chi connectivity index (χ0) is 56.9. The van der Waals surface area contributed by atoms with Crippen molar-refractivity contribution in [3.63, 3.8) is 0 Å². The number of nitrogens with two attached hydrogens (primary N) is 2. The number of benzene rings is 2. The Morgan fingerprint density at radius 1 is 0.679 bits per heavy atom. The van der Waals surface area contributed by atoms with E-state index in [0.717, 1.165) is 10.5 Å². The average Bonchev–Trinajstić information content (AvgIpc) is 4.24. The molecule has 5 rings (SSSR count). The number of aliphatic carboxylic acids is 2. The highest BCUT2D eigenvalue weighted by molar-refractivity contribution is 7.98. The van der Waals surface area contributed by atoms with Gasteiger partial charge in [-0.2, -0.15) is 11.8 Å². The van der Waals surface area contributed by atoms with E-state index in [4.69, 9.17) is 11.5 Å². The molecule has 2 aromatic carbocycles. The molecule has 3 aromatic rings. The van der Waals surface area contributed by atoms with Gasteiger partial charge in [0.05, 0.1) is 18.9 Å². The van der Waals surface area contributed by atoms with Gasteiger partial charge in [0.15, 0.2) is 0 Å². The lowest BCUT2D eigenvalue weighted by atomic mass is 10.0. The number of thioether (sulfide) groups is 1. The molecule has 1 aromatic heterocycles. The summed E-state index contributed by atoms with van der Waals surface area (Å²) in [5.41, 5.74) is 13.5. The molecule has 0 bridgehead atoms. The van der Waals surface area contributed by atoms with Gasteiger partial charge in [0.25, 0.3) is 0 Å². The molecule has 78 heavy (non-hydrogen) atoms. The summed E-state index contributed by atoms with van der Waals surface area (Å²) >= 11 is 1.31. The molecule has 0 aliphatic carbocycles. The molecule has 2 aliphatic rings. The van der Waals surface area contributed by atoms with Crippen molar-refractivity contribution in [1.82, 2.24) is 51.7 Å². The third-order valence-electron chi connectivity index (χ3n) is 13.2. The number of carboxylic acids is 2. The fourth-order valence-electron chi connectivity index (χ4n) is 9.06. The number of carboxylic acid groups (broad SMARTS) is 2. The minimum Gasteiger partial charge on any atom is -0.508 e. The van der Waals surface area contributed by atoms with Gasteiger partial charge in [-0.05, 0) is 86.6 Å². The second-order valence-corrected chi connectivity index (χ2v) is 20.0. The number of aromatic nitrogens is 2. The number of imidazole rings is 1. The van der Waals surface area contributed by atoms with E-state index in [-0.39, 0.29) is 57.4 Å². The molecule has 26 nitrogen and oxygen atoms in total. The van der Waals surface area contributed by atoms with E-state index in [2.05, 4.69) is 41.9 Å². The average molecular weight is 1110 g/mol. The van der Waals surface area contributed by atoms with Crippen LogP contribution in [0.2, 0.25) is 0 Å². The molecule has 8 atom stereocenters. The normalized spacial score (nSPS) is 17.3. The molecule has 3 heterocycles. The van der Waals surface area contributed by atoms with E-state index in [9.17, 15) is 68.1 Å². The molecule has 2 fully saturated rings. The number of nitrogens with one attached hydrogen (secondary N) is 7. The van der Waals surface area contributed by atoms with Crippen LogP contribution >= 0.6 is 11.8 Å². The van der Waals surface area contributed by atoms with E-state index in [1.807, 2.05) is 30.3 Å². The molecule has 0 spiro atoms. The third kappa shape index (κ3) is 18.6. The number of phenols is 1. The van der Waals surface area contributed by atoms with E-state index in [1.54, 1.807) is 18.4 Å². The lowest BCUT2D eigenvalue weighted by Gasteiger charge is -2.29. The van der Waals surface area contributed by atoms with Gasteiger partial charge in [-0.3, -0.25) is 47.9 Å². The van der Waals surface area contributed by atoms with Gasteiger partial charge >= 0.3 is 11.9 Å². The lowest BCUT2D eigenvalue weighted by Crippen LogP contribution is -2.59. The Labute approximate surface area is 453 Å². The van der Waals surface area contributed by atoms with Crippen LogP contribution in [0.5, 0.6) is 5.75 Å². The van der Waals surface area contributed by atoms with Crippen molar-refractivity contribution >= 4 is 76.9 Å². The van der Waals surface area contributed by atoms with Crippen LogP contribution in [0.4, 0.5) is 0 Å². The van der Waals surface area contributed by atoms with Crippen LogP contribution in [0.15, 0.2) is 67.1 Å². The number of aromatic hydroxyl groups is 1. The van der Waals surface area contributed by atoms with E-state index in [1.165, 1.54) is 41.3 Å². The quantitative estimate of drug-likeness (QED) is 0.0342.